The van der Waals surface area contributed by atoms with Crippen LogP contribution in [0, 0.1) is 6.92 Å². The molecule has 2 aromatic rings. The number of rotatable bonds is 3. The van der Waals surface area contributed by atoms with Crippen LogP contribution in [0.15, 0.2) is 46.5 Å². The molecule has 3 nitrogen and oxygen atoms in total. The van der Waals surface area contributed by atoms with Gasteiger partial charge in [-0.05, 0) is 25.1 Å². The van der Waals surface area contributed by atoms with Gasteiger partial charge in [-0.15, -0.1) is 0 Å². The lowest BCUT2D eigenvalue weighted by atomic mass is 10.2. The second-order valence-corrected chi connectivity index (χ2v) is 4.59. The monoisotopic (exact) mass is 233 g/mol. The van der Waals surface area contributed by atoms with Gasteiger partial charge in [0.25, 0.3) is 0 Å². The van der Waals surface area contributed by atoms with Crippen LogP contribution in [0.25, 0.3) is 0 Å². The van der Waals surface area contributed by atoms with E-state index in [0.29, 0.717) is 0 Å². The second-order valence-electron chi connectivity index (χ2n) is 3.47. The molecule has 0 saturated heterocycles. The summed E-state index contributed by atoms with van der Waals surface area (Å²) in [6, 6.07) is 9.72. The highest BCUT2D eigenvalue weighted by atomic mass is 32.2. The molecule has 1 heterocycles. The van der Waals surface area contributed by atoms with Gasteiger partial charge < -0.3 is 10.1 Å². The fourth-order valence-electron chi connectivity index (χ4n) is 1.29. The summed E-state index contributed by atoms with van der Waals surface area (Å²) in [6.45, 7) is 2.03. The Bertz CT molecular complexity index is 502. The Morgan fingerprint density at radius 1 is 1.31 bits per heavy atom. The highest BCUT2D eigenvalue weighted by molar-refractivity contribution is 7.99. The lowest BCUT2D eigenvalue weighted by Crippen LogP contribution is -1.91. The number of aromatic carboxylic acids is 1. The number of benzene rings is 1. The Hall–Kier alpha value is -1.68. The van der Waals surface area contributed by atoms with Crippen molar-refractivity contribution < 1.29 is 9.90 Å². The minimum Gasteiger partial charge on any atom is -0.478 e. The smallest absolute Gasteiger partial charge is 0.337 e. The Morgan fingerprint density at radius 3 is 2.56 bits per heavy atom. The van der Waals surface area contributed by atoms with E-state index in [2.05, 4.69) is 4.98 Å². The third-order valence-corrected chi connectivity index (χ3v) is 3.12. The van der Waals surface area contributed by atoms with Crippen molar-refractivity contribution in [3.63, 3.8) is 0 Å². The lowest BCUT2D eigenvalue weighted by molar-refractivity contribution is 0.0697. The first kappa shape index (κ1) is 10.8. The first-order chi connectivity index (χ1) is 7.65. The van der Waals surface area contributed by atoms with Crippen molar-refractivity contribution in [1.29, 1.82) is 0 Å². The van der Waals surface area contributed by atoms with Gasteiger partial charge in [-0.1, -0.05) is 29.5 Å². The van der Waals surface area contributed by atoms with Crippen molar-refractivity contribution in [3.8, 4) is 0 Å². The van der Waals surface area contributed by atoms with Gasteiger partial charge in [0, 0.05) is 11.1 Å². The van der Waals surface area contributed by atoms with E-state index in [1.165, 1.54) is 23.5 Å². The normalized spacial score (nSPS) is 10.3. The zero-order valence-electron chi connectivity index (χ0n) is 8.73. The van der Waals surface area contributed by atoms with E-state index in [4.69, 9.17) is 5.11 Å². The minimum absolute atomic E-state index is 0.287. The average Bonchev–Trinajstić information content (AvgIpc) is 2.70. The van der Waals surface area contributed by atoms with Crippen LogP contribution in [0.1, 0.15) is 15.9 Å². The number of hydrogen-bond donors (Lipinski definition) is 2. The molecule has 0 radical (unpaired) electrons. The number of nitrogens with one attached hydrogen (secondary N) is 1. The number of H-pyrrole nitrogens is 1. The Labute approximate surface area is 97.5 Å². The van der Waals surface area contributed by atoms with Gasteiger partial charge in [-0.3, -0.25) is 0 Å². The number of hydrogen-bond acceptors (Lipinski definition) is 2. The van der Waals surface area contributed by atoms with Gasteiger partial charge in [0.2, 0.25) is 0 Å². The Balaban J connectivity index is 2.14. The van der Waals surface area contributed by atoms with Gasteiger partial charge >= 0.3 is 5.97 Å². The molecule has 1 aromatic heterocycles. The van der Waals surface area contributed by atoms with E-state index < -0.39 is 5.97 Å². The standard InChI is InChI=1S/C12H11NO2S/c1-8-2-4-10(5-3-8)16-11-6-9(7-13-11)12(14)15/h2-7,13H,1H3,(H,14,15). The topological polar surface area (TPSA) is 53.1 Å². The molecule has 0 aliphatic rings. The largest absolute Gasteiger partial charge is 0.478 e. The van der Waals surface area contributed by atoms with Crippen molar-refractivity contribution in [2.45, 2.75) is 16.8 Å². The maximum Gasteiger partial charge on any atom is 0.337 e. The lowest BCUT2D eigenvalue weighted by Gasteiger charge is -1.98. The van der Waals surface area contributed by atoms with E-state index in [-0.39, 0.29) is 5.56 Å². The fraction of sp³-hybridized carbons (Fsp3) is 0.0833. The van der Waals surface area contributed by atoms with Crippen molar-refractivity contribution >= 4 is 17.7 Å². The molecule has 82 valence electrons. The number of carboxylic acid groups (broad SMARTS) is 1. The highest BCUT2D eigenvalue weighted by Gasteiger charge is 2.06. The van der Waals surface area contributed by atoms with Gasteiger partial charge in [0.15, 0.2) is 0 Å². The first-order valence-electron chi connectivity index (χ1n) is 4.81. The van der Waals surface area contributed by atoms with E-state index >= 15 is 0 Å². The third kappa shape index (κ3) is 2.46. The summed E-state index contributed by atoms with van der Waals surface area (Å²) in [5.74, 6) is -0.910. The molecule has 0 saturated carbocycles. The summed E-state index contributed by atoms with van der Waals surface area (Å²) in [5, 5.41) is 9.61. The van der Waals surface area contributed by atoms with Crippen LogP contribution < -0.4 is 0 Å². The molecule has 0 unspecified atom stereocenters. The van der Waals surface area contributed by atoms with E-state index in [9.17, 15) is 4.79 Å². The number of carboxylic acids is 1. The zero-order chi connectivity index (χ0) is 11.5. The molecule has 16 heavy (non-hydrogen) atoms. The minimum atomic E-state index is -0.910. The molecule has 0 atom stereocenters. The average molecular weight is 233 g/mol. The molecule has 0 bridgehead atoms. The van der Waals surface area contributed by atoms with Crippen LogP contribution in [0.3, 0.4) is 0 Å². The van der Waals surface area contributed by atoms with Gasteiger partial charge in [-0.2, -0.15) is 0 Å². The van der Waals surface area contributed by atoms with Crippen molar-refractivity contribution in [2.75, 3.05) is 0 Å². The molecule has 0 spiro atoms. The molecule has 0 amide bonds. The van der Waals surface area contributed by atoms with Crippen LogP contribution in [0.4, 0.5) is 0 Å². The van der Waals surface area contributed by atoms with Crippen molar-refractivity contribution in [3.05, 3.63) is 47.7 Å². The number of aromatic nitrogens is 1. The molecule has 2 rings (SSSR count). The zero-order valence-corrected chi connectivity index (χ0v) is 9.54. The number of aryl methyl sites for hydroxylation is 1. The summed E-state index contributed by atoms with van der Waals surface area (Å²) in [5.41, 5.74) is 1.50. The molecular weight excluding hydrogens is 222 g/mol. The van der Waals surface area contributed by atoms with Crippen LogP contribution in [0.2, 0.25) is 0 Å². The van der Waals surface area contributed by atoms with Crippen LogP contribution >= 0.6 is 11.8 Å². The predicted octanol–water partition coefficient (Wildman–Crippen LogP) is 3.17. The molecule has 4 heteroatoms. The second kappa shape index (κ2) is 4.45. The maximum atomic E-state index is 10.7. The summed E-state index contributed by atoms with van der Waals surface area (Å²) < 4.78 is 0. The number of aromatic amines is 1. The highest BCUT2D eigenvalue weighted by Crippen LogP contribution is 2.27. The Kier molecular flexibility index (Phi) is 3.01. The van der Waals surface area contributed by atoms with Crippen molar-refractivity contribution in [1.82, 2.24) is 4.98 Å². The van der Waals surface area contributed by atoms with Crippen LogP contribution in [0.5, 0.6) is 0 Å². The summed E-state index contributed by atoms with van der Waals surface area (Å²) in [6.07, 6.45) is 1.50. The molecule has 0 fully saturated rings. The molecule has 0 aliphatic carbocycles. The molecule has 0 aliphatic heterocycles. The van der Waals surface area contributed by atoms with Gasteiger partial charge in [0.05, 0.1) is 10.6 Å². The van der Waals surface area contributed by atoms with Crippen LogP contribution in [-0.2, 0) is 0 Å². The summed E-state index contributed by atoms with van der Waals surface area (Å²) in [7, 11) is 0. The third-order valence-electron chi connectivity index (χ3n) is 2.15. The van der Waals surface area contributed by atoms with Gasteiger partial charge in [-0.25, -0.2) is 4.79 Å². The molecular formula is C12H11NO2S. The van der Waals surface area contributed by atoms with E-state index in [1.54, 1.807) is 6.07 Å². The van der Waals surface area contributed by atoms with Crippen LogP contribution in [-0.4, -0.2) is 16.1 Å². The predicted molar refractivity (Wildman–Crippen MR) is 63.1 cm³/mol. The number of carbonyl (C=O) groups is 1. The summed E-state index contributed by atoms with van der Waals surface area (Å²) >= 11 is 1.52. The molecule has 1 aromatic carbocycles. The Morgan fingerprint density at radius 2 is 2.00 bits per heavy atom. The maximum absolute atomic E-state index is 10.7. The summed E-state index contributed by atoms with van der Waals surface area (Å²) in [4.78, 5) is 14.7. The molecule has 2 N–H and O–H groups in total. The van der Waals surface area contributed by atoms with E-state index in [0.717, 1.165) is 9.92 Å². The quantitative estimate of drug-likeness (QED) is 0.856. The fourth-order valence-corrected chi connectivity index (χ4v) is 2.12. The SMILES string of the molecule is Cc1ccc(Sc2cc(C(=O)O)c[nH]2)cc1. The van der Waals surface area contributed by atoms with Gasteiger partial charge in [0.1, 0.15) is 0 Å². The van der Waals surface area contributed by atoms with E-state index in [1.807, 2.05) is 31.2 Å². The first-order valence-corrected chi connectivity index (χ1v) is 5.63. The van der Waals surface area contributed by atoms with Crippen molar-refractivity contribution in [2.24, 2.45) is 0 Å².